The van der Waals surface area contributed by atoms with Crippen molar-refractivity contribution in [3.63, 3.8) is 0 Å². The molecule has 49 heavy (non-hydrogen) atoms. The van der Waals surface area contributed by atoms with Crippen molar-refractivity contribution in [1.82, 2.24) is 0 Å². The summed E-state index contributed by atoms with van der Waals surface area (Å²) >= 11 is 1.85. The molecule has 0 aliphatic heterocycles. The summed E-state index contributed by atoms with van der Waals surface area (Å²) in [6.45, 7) is 0. The number of para-hydroxylation sites is 1. The molecule has 3 heteroatoms. The number of nitrogens with zero attached hydrogens (tertiary/aromatic N) is 1. The highest BCUT2D eigenvalue weighted by Crippen LogP contribution is 2.44. The van der Waals surface area contributed by atoms with E-state index < -0.39 is 0 Å². The van der Waals surface area contributed by atoms with Gasteiger partial charge in [0.1, 0.15) is 11.2 Å². The Bertz CT molecular complexity index is 2830. The van der Waals surface area contributed by atoms with Gasteiger partial charge >= 0.3 is 0 Å². The van der Waals surface area contributed by atoms with Gasteiger partial charge in [0.2, 0.25) is 0 Å². The summed E-state index contributed by atoms with van der Waals surface area (Å²) in [5, 5.41) is 7.36. The van der Waals surface area contributed by atoms with Crippen molar-refractivity contribution in [3.05, 3.63) is 176 Å². The first-order valence-corrected chi connectivity index (χ1v) is 17.4. The van der Waals surface area contributed by atoms with E-state index in [1.165, 1.54) is 47.5 Å². The molecular formula is C46H29NOS. The van der Waals surface area contributed by atoms with Crippen molar-refractivity contribution in [3.8, 4) is 22.3 Å². The van der Waals surface area contributed by atoms with Crippen LogP contribution in [0.4, 0.5) is 17.1 Å². The largest absolute Gasteiger partial charge is 0.456 e. The van der Waals surface area contributed by atoms with Crippen LogP contribution in [0.25, 0.3) is 75.1 Å². The molecule has 230 valence electrons. The fourth-order valence-electron chi connectivity index (χ4n) is 7.34. The first-order valence-electron chi connectivity index (χ1n) is 16.6. The molecule has 0 amide bonds. The molecule has 0 radical (unpaired) electrons. The Morgan fingerprint density at radius 2 is 1.10 bits per heavy atom. The van der Waals surface area contributed by atoms with Crippen molar-refractivity contribution in [2.45, 2.75) is 0 Å². The molecule has 0 aliphatic carbocycles. The lowest BCUT2D eigenvalue weighted by molar-refractivity contribution is 0.669. The summed E-state index contributed by atoms with van der Waals surface area (Å²) in [4.78, 5) is 2.40. The molecule has 0 N–H and O–H groups in total. The van der Waals surface area contributed by atoms with Gasteiger partial charge in [-0.2, -0.15) is 0 Å². The summed E-state index contributed by atoms with van der Waals surface area (Å²) in [6, 6.07) is 63.3. The predicted octanol–water partition coefficient (Wildman–Crippen LogP) is 13.9. The number of fused-ring (bicyclic) bond motifs is 8. The van der Waals surface area contributed by atoms with Gasteiger partial charge in [0, 0.05) is 47.9 Å². The first kappa shape index (κ1) is 27.9. The van der Waals surface area contributed by atoms with E-state index in [1.54, 1.807) is 0 Å². The number of thiophene rings is 1. The normalized spacial score (nSPS) is 11.7. The van der Waals surface area contributed by atoms with Crippen LogP contribution in [0.15, 0.2) is 180 Å². The van der Waals surface area contributed by atoms with Crippen LogP contribution < -0.4 is 4.90 Å². The second-order valence-electron chi connectivity index (χ2n) is 12.5. The Hall–Kier alpha value is -6.16. The lowest BCUT2D eigenvalue weighted by atomic mass is 9.99. The second kappa shape index (κ2) is 11.2. The summed E-state index contributed by atoms with van der Waals surface area (Å²) in [6.07, 6.45) is 0. The molecule has 0 saturated carbocycles. The van der Waals surface area contributed by atoms with Crippen LogP contribution in [0.1, 0.15) is 0 Å². The summed E-state index contributed by atoms with van der Waals surface area (Å²) in [5.74, 6) is 0. The van der Waals surface area contributed by atoms with E-state index in [-0.39, 0.29) is 0 Å². The van der Waals surface area contributed by atoms with Crippen molar-refractivity contribution >= 4 is 81.3 Å². The number of benzene rings is 8. The summed E-state index contributed by atoms with van der Waals surface area (Å²) < 4.78 is 8.89. The number of furan rings is 1. The average Bonchev–Trinajstić information content (AvgIpc) is 3.74. The van der Waals surface area contributed by atoms with Gasteiger partial charge in [-0.05, 0) is 82.1 Å². The van der Waals surface area contributed by atoms with Gasteiger partial charge in [0.25, 0.3) is 0 Å². The smallest absolute Gasteiger partial charge is 0.136 e. The highest BCUT2D eigenvalue weighted by molar-refractivity contribution is 7.25. The molecule has 10 rings (SSSR count). The minimum Gasteiger partial charge on any atom is -0.456 e. The quantitative estimate of drug-likeness (QED) is 0.186. The van der Waals surface area contributed by atoms with Crippen LogP contribution in [0, 0.1) is 0 Å². The Labute approximate surface area is 287 Å². The molecule has 10 aromatic rings. The van der Waals surface area contributed by atoms with Gasteiger partial charge in [0.05, 0.1) is 5.69 Å². The third kappa shape index (κ3) is 4.62. The fraction of sp³-hybridized carbons (Fsp3) is 0. The van der Waals surface area contributed by atoms with Crippen molar-refractivity contribution in [2.24, 2.45) is 0 Å². The maximum Gasteiger partial charge on any atom is 0.136 e. The topological polar surface area (TPSA) is 16.4 Å². The molecule has 0 fully saturated rings. The van der Waals surface area contributed by atoms with Gasteiger partial charge < -0.3 is 9.32 Å². The number of rotatable bonds is 5. The average molecular weight is 644 g/mol. The zero-order valence-electron chi connectivity index (χ0n) is 26.5. The van der Waals surface area contributed by atoms with E-state index in [9.17, 15) is 0 Å². The summed E-state index contributed by atoms with van der Waals surface area (Å²) in [7, 11) is 0. The highest BCUT2D eigenvalue weighted by Gasteiger charge is 2.19. The molecule has 2 nitrogen and oxygen atoms in total. The Kier molecular flexibility index (Phi) is 6.39. The van der Waals surface area contributed by atoms with E-state index in [0.717, 1.165) is 44.7 Å². The zero-order valence-corrected chi connectivity index (χ0v) is 27.3. The minimum atomic E-state index is 0.909. The van der Waals surface area contributed by atoms with E-state index in [2.05, 4.69) is 181 Å². The van der Waals surface area contributed by atoms with Crippen molar-refractivity contribution in [2.75, 3.05) is 4.90 Å². The maximum absolute atomic E-state index is 6.29. The lowest BCUT2D eigenvalue weighted by Gasteiger charge is -2.28. The molecule has 0 bridgehead atoms. The summed E-state index contributed by atoms with van der Waals surface area (Å²) in [5.41, 5.74) is 9.91. The van der Waals surface area contributed by atoms with E-state index in [1.807, 2.05) is 11.3 Å². The second-order valence-corrected chi connectivity index (χ2v) is 13.6. The SMILES string of the molecule is c1ccc(-c2ccccc2N(c2ccc(-c3ccc4oc5ccc6ccccc6c5c4c3)cc2)c2ccc3c(c2)sc2ccccc23)cc1. The molecule has 2 aromatic heterocycles. The van der Waals surface area contributed by atoms with Crippen molar-refractivity contribution in [1.29, 1.82) is 0 Å². The highest BCUT2D eigenvalue weighted by atomic mass is 32.1. The Morgan fingerprint density at radius 1 is 0.408 bits per heavy atom. The monoisotopic (exact) mass is 643 g/mol. The van der Waals surface area contributed by atoms with Gasteiger partial charge in [-0.3, -0.25) is 0 Å². The lowest BCUT2D eigenvalue weighted by Crippen LogP contribution is -2.11. The van der Waals surface area contributed by atoms with Crippen LogP contribution in [-0.4, -0.2) is 0 Å². The molecule has 2 heterocycles. The standard InChI is InChI=1S/C46H29NOS/c1-2-10-31(11-3-1)36-13-6-8-16-41(36)47(35-24-25-39-38-15-7-9-17-44(38)49-45(39)29-35)34-22-18-30(19-23-34)33-21-26-42-40(28-33)46-37-14-5-4-12-32(37)20-27-43(46)48-42/h1-29H. The zero-order chi connectivity index (χ0) is 32.3. The Morgan fingerprint density at radius 3 is 2.00 bits per heavy atom. The van der Waals surface area contributed by atoms with E-state index in [4.69, 9.17) is 4.42 Å². The molecule has 0 aliphatic rings. The molecular weight excluding hydrogens is 615 g/mol. The number of hydrogen-bond acceptors (Lipinski definition) is 3. The van der Waals surface area contributed by atoms with Crippen LogP contribution in [0.2, 0.25) is 0 Å². The van der Waals surface area contributed by atoms with Gasteiger partial charge in [-0.25, -0.2) is 0 Å². The van der Waals surface area contributed by atoms with Crippen LogP contribution in [-0.2, 0) is 0 Å². The molecule has 0 unspecified atom stereocenters. The van der Waals surface area contributed by atoms with E-state index in [0.29, 0.717) is 0 Å². The van der Waals surface area contributed by atoms with Crippen LogP contribution in [0.3, 0.4) is 0 Å². The van der Waals surface area contributed by atoms with Crippen molar-refractivity contribution < 1.29 is 4.42 Å². The third-order valence-corrected chi connectivity index (χ3v) is 10.8. The fourth-order valence-corrected chi connectivity index (χ4v) is 8.48. The van der Waals surface area contributed by atoms with Crippen LogP contribution in [0.5, 0.6) is 0 Å². The third-order valence-electron chi connectivity index (χ3n) is 9.67. The first-order chi connectivity index (χ1) is 24.3. The van der Waals surface area contributed by atoms with Crippen LogP contribution >= 0.6 is 11.3 Å². The minimum absolute atomic E-state index is 0.909. The van der Waals surface area contributed by atoms with E-state index >= 15 is 0 Å². The maximum atomic E-state index is 6.29. The Balaban J connectivity index is 1.12. The molecule has 0 atom stereocenters. The van der Waals surface area contributed by atoms with Gasteiger partial charge in [-0.15, -0.1) is 11.3 Å². The molecule has 0 saturated heterocycles. The molecule has 0 spiro atoms. The molecule has 8 aromatic carbocycles. The number of hydrogen-bond donors (Lipinski definition) is 0. The van der Waals surface area contributed by atoms with Gasteiger partial charge in [0.15, 0.2) is 0 Å². The van der Waals surface area contributed by atoms with Gasteiger partial charge in [-0.1, -0.05) is 121 Å². The predicted molar refractivity (Wildman–Crippen MR) is 210 cm³/mol. The number of anilines is 3.